The normalized spacial score (nSPS) is 20.6. The first-order valence-electron chi connectivity index (χ1n) is 4.82. The fourth-order valence-corrected chi connectivity index (χ4v) is 2.64. The Balaban J connectivity index is 2.05. The quantitative estimate of drug-likeness (QED) is 0.834. The summed E-state index contributed by atoms with van der Waals surface area (Å²) in [5.41, 5.74) is 0. The zero-order chi connectivity index (χ0) is 9.97. The molecule has 0 spiro atoms. The Kier molecular flexibility index (Phi) is 2.72. The maximum Gasteiger partial charge on any atom is 0.407 e. The van der Waals surface area contributed by atoms with Gasteiger partial charge in [0.05, 0.1) is 6.54 Å². The summed E-state index contributed by atoms with van der Waals surface area (Å²) in [5, 5.41) is 2.65. The largest absolute Gasteiger partial charge is 0.439 e. The van der Waals surface area contributed by atoms with E-state index in [4.69, 9.17) is 4.74 Å². The molecule has 1 aromatic heterocycles. The first kappa shape index (κ1) is 9.52. The molecular weight excluding hydrogens is 198 g/mol. The summed E-state index contributed by atoms with van der Waals surface area (Å²) in [6.45, 7) is 2.77. The molecule has 1 aliphatic rings. The van der Waals surface area contributed by atoms with E-state index in [1.165, 1.54) is 4.88 Å². The number of carbonyl (C=O) groups excluding carboxylic acids is 1. The molecule has 1 amide bonds. The molecule has 0 saturated carbocycles. The summed E-state index contributed by atoms with van der Waals surface area (Å²) in [4.78, 5) is 13.3. The summed E-state index contributed by atoms with van der Waals surface area (Å²) < 4.78 is 5.10. The smallest absolute Gasteiger partial charge is 0.407 e. The Hall–Kier alpha value is -1.03. The van der Waals surface area contributed by atoms with Crippen molar-refractivity contribution in [1.82, 2.24) is 5.32 Å². The molecule has 1 aliphatic heterocycles. The van der Waals surface area contributed by atoms with Gasteiger partial charge < -0.3 is 10.1 Å². The molecule has 1 saturated heterocycles. The molecule has 2 heterocycles. The molecule has 1 fully saturated rings. The highest BCUT2D eigenvalue weighted by molar-refractivity contribution is 7.12. The second-order valence-electron chi connectivity index (χ2n) is 3.33. The van der Waals surface area contributed by atoms with Crippen LogP contribution in [0.2, 0.25) is 0 Å². The average Bonchev–Trinajstić information content (AvgIpc) is 2.74. The van der Waals surface area contributed by atoms with Crippen LogP contribution in [-0.2, 0) is 11.2 Å². The number of amides is 1. The lowest BCUT2D eigenvalue weighted by Gasteiger charge is -2.02. The van der Waals surface area contributed by atoms with E-state index in [-0.39, 0.29) is 12.2 Å². The third-order valence-electron chi connectivity index (χ3n) is 2.18. The molecule has 1 unspecified atom stereocenters. The van der Waals surface area contributed by atoms with Crippen LogP contribution in [-0.4, -0.2) is 12.6 Å². The van der Waals surface area contributed by atoms with Gasteiger partial charge in [0.2, 0.25) is 0 Å². The number of hydrogen-bond donors (Lipinski definition) is 1. The second kappa shape index (κ2) is 4.00. The van der Waals surface area contributed by atoms with Crippen molar-refractivity contribution in [1.29, 1.82) is 0 Å². The minimum Gasteiger partial charge on any atom is -0.439 e. The fourth-order valence-electron chi connectivity index (χ4n) is 1.50. The van der Waals surface area contributed by atoms with Crippen LogP contribution in [0.5, 0.6) is 0 Å². The lowest BCUT2D eigenvalue weighted by molar-refractivity contribution is 0.142. The van der Waals surface area contributed by atoms with Gasteiger partial charge in [0.1, 0.15) is 0 Å². The molecular formula is C10H13NO2S. The van der Waals surface area contributed by atoms with E-state index >= 15 is 0 Å². The van der Waals surface area contributed by atoms with Crippen molar-refractivity contribution >= 4 is 17.4 Å². The van der Waals surface area contributed by atoms with Crippen molar-refractivity contribution in [3.63, 3.8) is 0 Å². The number of thiophene rings is 1. The molecule has 0 aliphatic carbocycles. The fraction of sp³-hybridized carbons (Fsp3) is 0.500. The van der Waals surface area contributed by atoms with Crippen LogP contribution in [0.1, 0.15) is 29.2 Å². The number of ether oxygens (including phenoxy) is 1. The molecule has 2 rings (SSSR count). The van der Waals surface area contributed by atoms with Crippen molar-refractivity contribution in [2.75, 3.05) is 6.54 Å². The van der Waals surface area contributed by atoms with Gasteiger partial charge in [-0.15, -0.1) is 11.3 Å². The highest BCUT2D eigenvalue weighted by Gasteiger charge is 2.25. The molecule has 0 bridgehead atoms. The third-order valence-corrected chi connectivity index (χ3v) is 3.41. The van der Waals surface area contributed by atoms with Crippen LogP contribution >= 0.6 is 11.3 Å². The van der Waals surface area contributed by atoms with Crippen LogP contribution in [0, 0.1) is 0 Å². The summed E-state index contributed by atoms with van der Waals surface area (Å²) in [6, 6.07) is 4.18. The van der Waals surface area contributed by atoms with E-state index in [1.54, 1.807) is 11.3 Å². The minimum absolute atomic E-state index is 0.0712. The standard InChI is InChI=1S/C10H13NO2S/c1-2-3-7-4-5-9(14-7)8-6-11-10(12)13-8/h4-5,8H,2-3,6H2,1H3,(H,11,12). The number of cyclic esters (lactones) is 1. The monoisotopic (exact) mass is 211 g/mol. The summed E-state index contributed by atoms with van der Waals surface area (Å²) in [5.74, 6) is 0. The van der Waals surface area contributed by atoms with Crippen molar-refractivity contribution in [2.45, 2.75) is 25.9 Å². The summed E-state index contributed by atoms with van der Waals surface area (Å²) in [7, 11) is 0. The van der Waals surface area contributed by atoms with Crippen molar-refractivity contribution in [3.8, 4) is 0 Å². The molecule has 1 aromatic rings. The molecule has 14 heavy (non-hydrogen) atoms. The van der Waals surface area contributed by atoms with Gasteiger partial charge in [-0.05, 0) is 18.6 Å². The Bertz CT molecular complexity index is 335. The number of aryl methyl sites for hydroxylation is 1. The van der Waals surface area contributed by atoms with E-state index in [2.05, 4.69) is 24.4 Å². The van der Waals surface area contributed by atoms with Gasteiger partial charge in [0, 0.05) is 9.75 Å². The highest BCUT2D eigenvalue weighted by Crippen LogP contribution is 2.28. The maximum atomic E-state index is 10.8. The Morgan fingerprint density at radius 3 is 3.14 bits per heavy atom. The maximum absolute atomic E-state index is 10.8. The molecule has 0 aromatic carbocycles. The average molecular weight is 211 g/mol. The van der Waals surface area contributed by atoms with Crippen LogP contribution in [0.25, 0.3) is 0 Å². The Labute approximate surface area is 87.1 Å². The molecule has 0 radical (unpaired) electrons. The topological polar surface area (TPSA) is 38.3 Å². The first-order valence-corrected chi connectivity index (χ1v) is 5.64. The SMILES string of the molecule is CCCc1ccc(C2CNC(=O)O2)s1. The van der Waals surface area contributed by atoms with Gasteiger partial charge in [0.15, 0.2) is 6.10 Å². The predicted molar refractivity (Wildman–Crippen MR) is 55.5 cm³/mol. The van der Waals surface area contributed by atoms with Crippen molar-refractivity contribution < 1.29 is 9.53 Å². The molecule has 1 atom stereocenters. The lowest BCUT2D eigenvalue weighted by atomic mass is 10.2. The van der Waals surface area contributed by atoms with Crippen LogP contribution in [0.3, 0.4) is 0 Å². The van der Waals surface area contributed by atoms with E-state index in [0.29, 0.717) is 6.54 Å². The molecule has 4 heteroatoms. The highest BCUT2D eigenvalue weighted by atomic mass is 32.1. The summed E-state index contributed by atoms with van der Waals surface area (Å²) >= 11 is 1.74. The van der Waals surface area contributed by atoms with Crippen molar-refractivity contribution in [2.24, 2.45) is 0 Å². The number of carbonyl (C=O) groups is 1. The number of hydrogen-bond acceptors (Lipinski definition) is 3. The van der Waals surface area contributed by atoms with Crippen LogP contribution in [0.4, 0.5) is 4.79 Å². The molecule has 3 nitrogen and oxygen atoms in total. The van der Waals surface area contributed by atoms with Crippen LogP contribution < -0.4 is 5.32 Å². The molecule has 1 N–H and O–H groups in total. The zero-order valence-corrected chi connectivity index (χ0v) is 8.89. The molecule has 76 valence electrons. The number of rotatable bonds is 3. The van der Waals surface area contributed by atoms with E-state index in [0.717, 1.165) is 17.7 Å². The Morgan fingerprint density at radius 1 is 1.64 bits per heavy atom. The summed E-state index contributed by atoms with van der Waals surface area (Å²) in [6.07, 6.45) is 1.89. The van der Waals surface area contributed by atoms with E-state index < -0.39 is 0 Å². The van der Waals surface area contributed by atoms with Crippen LogP contribution in [0.15, 0.2) is 12.1 Å². The van der Waals surface area contributed by atoms with Gasteiger partial charge in [-0.25, -0.2) is 4.79 Å². The van der Waals surface area contributed by atoms with Crippen molar-refractivity contribution in [3.05, 3.63) is 21.9 Å². The second-order valence-corrected chi connectivity index (χ2v) is 4.53. The minimum atomic E-state index is -0.305. The van der Waals surface area contributed by atoms with Gasteiger partial charge in [-0.2, -0.15) is 0 Å². The Morgan fingerprint density at radius 2 is 2.50 bits per heavy atom. The predicted octanol–water partition coefficient (Wildman–Crippen LogP) is 2.48. The third kappa shape index (κ3) is 1.90. The van der Waals surface area contributed by atoms with Gasteiger partial charge in [0.25, 0.3) is 0 Å². The van der Waals surface area contributed by atoms with E-state index in [1.807, 2.05) is 0 Å². The van der Waals surface area contributed by atoms with Gasteiger partial charge in [-0.3, -0.25) is 0 Å². The van der Waals surface area contributed by atoms with Gasteiger partial charge >= 0.3 is 6.09 Å². The first-order chi connectivity index (χ1) is 6.79. The number of nitrogens with one attached hydrogen (secondary N) is 1. The number of alkyl carbamates (subject to hydrolysis) is 1. The lowest BCUT2D eigenvalue weighted by Crippen LogP contribution is -2.12. The van der Waals surface area contributed by atoms with Gasteiger partial charge in [-0.1, -0.05) is 13.3 Å². The van der Waals surface area contributed by atoms with E-state index in [9.17, 15) is 4.79 Å². The zero-order valence-electron chi connectivity index (χ0n) is 8.08.